The van der Waals surface area contributed by atoms with Gasteiger partial charge >= 0.3 is 0 Å². The maximum Gasteiger partial charge on any atom is 0.151 e. The van der Waals surface area contributed by atoms with E-state index in [1.165, 1.54) is 0 Å². The van der Waals surface area contributed by atoms with E-state index in [2.05, 4.69) is 35.9 Å². The third-order valence-electron chi connectivity index (χ3n) is 2.36. The Morgan fingerprint density at radius 1 is 1.41 bits per heavy atom. The molecule has 1 aromatic heterocycles. The second kappa shape index (κ2) is 7.01. The zero-order valence-electron chi connectivity index (χ0n) is 11.0. The topological polar surface area (TPSA) is 41.0 Å². The molecule has 0 aliphatic carbocycles. The van der Waals surface area contributed by atoms with Crippen molar-refractivity contribution in [1.29, 1.82) is 0 Å². The van der Waals surface area contributed by atoms with Crippen molar-refractivity contribution in [1.82, 2.24) is 15.5 Å². The molecule has 1 aromatic rings. The molecular formula is C13H22N4. The normalized spacial score (nSPS) is 10.6. The van der Waals surface area contributed by atoms with Crippen molar-refractivity contribution in [2.24, 2.45) is 5.92 Å². The summed E-state index contributed by atoms with van der Waals surface area (Å²) >= 11 is 0. The van der Waals surface area contributed by atoms with Crippen molar-refractivity contribution in [2.75, 3.05) is 25.0 Å². The SMILES string of the molecule is C=CCN(C)c1ccc(CNCC(C)C)nn1. The van der Waals surface area contributed by atoms with Gasteiger partial charge in [-0.05, 0) is 24.6 Å². The first-order chi connectivity index (χ1) is 8.13. The number of nitrogens with zero attached hydrogens (tertiary/aromatic N) is 3. The van der Waals surface area contributed by atoms with E-state index in [0.717, 1.165) is 31.1 Å². The summed E-state index contributed by atoms with van der Waals surface area (Å²) in [4.78, 5) is 2.01. The monoisotopic (exact) mass is 234 g/mol. The van der Waals surface area contributed by atoms with Crippen LogP contribution < -0.4 is 10.2 Å². The molecule has 0 aliphatic heterocycles. The zero-order chi connectivity index (χ0) is 12.7. The van der Waals surface area contributed by atoms with Gasteiger partial charge < -0.3 is 10.2 Å². The van der Waals surface area contributed by atoms with Crippen LogP contribution in [0.1, 0.15) is 19.5 Å². The van der Waals surface area contributed by atoms with Crippen LogP contribution in [0.2, 0.25) is 0 Å². The first-order valence-electron chi connectivity index (χ1n) is 5.99. The largest absolute Gasteiger partial charge is 0.354 e. The van der Waals surface area contributed by atoms with Crippen LogP contribution in [0.5, 0.6) is 0 Å². The zero-order valence-corrected chi connectivity index (χ0v) is 11.0. The highest BCUT2D eigenvalue weighted by Crippen LogP contribution is 2.06. The Labute approximate surface area is 104 Å². The fraction of sp³-hybridized carbons (Fsp3) is 0.538. The van der Waals surface area contributed by atoms with E-state index in [1.807, 2.05) is 30.2 Å². The lowest BCUT2D eigenvalue weighted by molar-refractivity contribution is 0.546. The highest BCUT2D eigenvalue weighted by atomic mass is 15.2. The van der Waals surface area contributed by atoms with E-state index in [4.69, 9.17) is 0 Å². The lowest BCUT2D eigenvalue weighted by atomic mass is 10.2. The van der Waals surface area contributed by atoms with E-state index in [1.54, 1.807) is 0 Å². The smallest absolute Gasteiger partial charge is 0.151 e. The van der Waals surface area contributed by atoms with Crippen LogP contribution in [-0.2, 0) is 6.54 Å². The third-order valence-corrected chi connectivity index (χ3v) is 2.36. The molecule has 94 valence electrons. The molecule has 0 atom stereocenters. The Kier molecular flexibility index (Phi) is 5.63. The number of hydrogen-bond acceptors (Lipinski definition) is 4. The Bertz CT molecular complexity index is 332. The minimum atomic E-state index is 0.654. The Balaban J connectivity index is 2.47. The number of anilines is 1. The summed E-state index contributed by atoms with van der Waals surface area (Å²) in [6.45, 7) is 10.6. The number of likely N-dealkylation sites (N-methyl/N-ethyl adjacent to an activating group) is 1. The van der Waals surface area contributed by atoms with Gasteiger partial charge in [0.2, 0.25) is 0 Å². The molecule has 1 heterocycles. The first kappa shape index (κ1) is 13.6. The molecule has 4 nitrogen and oxygen atoms in total. The van der Waals surface area contributed by atoms with Gasteiger partial charge in [0.25, 0.3) is 0 Å². The second-order valence-corrected chi connectivity index (χ2v) is 4.58. The van der Waals surface area contributed by atoms with Crippen molar-refractivity contribution >= 4 is 5.82 Å². The standard InChI is InChI=1S/C13H22N4/c1-5-8-17(4)13-7-6-12(15-16-13)10-14-9-11(2)3/h5-7,11,14H,1,8-10H2,2-4H3. The Hall–Kier alpha value is -1.42. The van der Waals surface area contributed by atoms with Gasteiger partial charge in [0.15, 0.2) is 5.82 Å². The van der Waals surface area contributed by atoms with E-state index >= 15 is 0 Å². The highest BCUT2D eigenvalue weighted by molar-refractivity contribution is 5.36. The van der Waals surface area contributed by atoms with Crippen molar-refractivity contribution in [3.05, 3.63) is 30.5 Å². The molecular weight excluding hydrogens is 212 g/mol. The lowest BCUT2D eigenvalue weighted by Crippen LogP contribution is -2.21. The maximum atomic E-state index is 4.19. The highest BCUT2D eigenvalue weighted by Gasteiger charge is 2.02. The fourth-order valence-electron chi connectivity index (χ4n) is 1.43. The molecule has 0 saturated carbocycles. The van der Waals surface area contributed by atoms with Crippen LogP contribution in [0, 0.1) is 5.92 Å². The summed E-state index contributed by atoms with van der Waals surface area (Å²) in [5, 5.41) is 11.7. The summed E-state index contributed by atoms with van der Waals surface area (Å²) < 4.78 is 0. The summed E-state index contributed by atoms with van der Waals surface area (Å²) in [6, 6.07) is 4.00. The van der Waals surface area contributed by atoms with Crippen LogP contribution in [-0.4, -0.2) is 30.3 Å². The number of aromatic nitrogens is 2. The van der Waals surface area contributed by atoms with Crippen LogP contribution in [0.25, 0.3) is 0 Å². The summed E-state index contributed by atoms with van der Waals surface area (Å²) in [7, 11) is 1.97. The molecule has 0 radical (unpaired) electrons. The molecule has 0 saturated heterocycles. The molecule has 0 unspecified atom stereocenters. The van der Waals surface area contributed by atoms with Crippen molar-refractivity contribution in [3.63, 3.8) is 0 Å². The van der Waals surface area contributed by atoms with Gasteiger partial charge in [-0.3, -0.25) is 0 Å². The average Bonchev–Trinajstić information content (AvgIpc) is 2.30. The number of rotatable bonds is 7. The summed E-state index contributed by atoms with van der Waals surface area (Å²) in [5.41, 5.74) is 0.974. The van der Waals surface area contributed by atoms with Gasteiger partial charge in [-0.25, -0.2) is 0 Å². The second-order valence-electron chi connectivity index (χ2n) is 4.58. The predicted octanol–water partition coefficient (Wildman–Crippen LogP) is 1.84. The Morgan fingerprint density at radius 3 is 2.71 bits per heavy atom. The van der Waals surface area contributed by atoms with Crippen molar-refractivity contribution in [2.45, 2.75) is 20.4 Å². The average molecular weight is 234 g/mol. The van der Waals surface area contributed by atoms with Gasteiger partial charge in [-0.15, -0.1) is 11.7 Å². The van der Waals surface area contributed by atoms with Crippen LogP contribution in [0.3, 0.4) is 0 Å². The van der Waals surface area contributed by atoms with Gasteiger partial charge in [0, 0.05) is 20.1 Å². The Morgan fingerprint density at radius 2 is 2.18 bits per heavy atom. The van der Waals surface area contributed by atoms with Gasteiger partial charge in [-0.2, -0.15) is 5.10 Å². The third kappa shape index (κ3) is 4.95. The molecule has 1 rings (SSSR count). The molecule has 4 heteroatoms. The van der Waals surface area contributed by atoms with Crippen molar-refractivity contribution in [3.8, 4) is 0 Å². The quantitative estimate of drug-likeness (QED) is 0.731. The van der Waals surface area contributed by atoms with Gasteiger partial charge in [0.05, 0.1) is 5.69 Å². The summed E-state index contributed by atoms with van der Waals surface area (Å²) in [6.07, 6.45) is 1.85. The number of hydrogen-bond donors (Lipinski definition) is 1. The van der Waals surface area contributed by atoms with E-state index < -0.39 is 0 Å². The molecule has 0 spiro atoms. The van der Waals surface area contributed by atoms with Gasteiger partial charge in [0.1, 0.15) is 0 Å². The minimum absolute atomic E-state index is 0.654. The molecule has 0 aromatic carbocycles. The molecule has 0 fully saturated rings. The lowest BCUT2D eigenvalue weighted by Gasteiger charge is -2.15. The van der Waals surface area contributed by atoms with Crippen molar-refractivity contribution < 1.29 is 0 Å². The van der Waals surface area contributed by atoms with Gasteiger partial charge in [-0.1, -0.05) is 19.9 Å². The van der Waals surface area contributed by atoms with Crippen LogP contribution in [0.15, 0.2) is 24.8 Å². The molecule has 1 N–H and O–H groups in total. The molecule has 17 heavy (non-hydrogen) atoms. The molecule has 0 amide bonds. The van der Waals surface area contributed by atoms with Crippen LogP contribution >= 0.6 is 0 Å². The predicted molar refractivity (Wildman–Crippen MR) is 72.0 cm³/mol. The maximum absolute atomic E-state index is 4.19. The molecule has 0 bridgehead atoms. The first-order valence-corrected chi connectivity index (χ1v) is 5.99. The van der Waals surface area contributed by atoms with Crippen LogP contribution in [0.4, 0.5) is 5.82 Å². The summed E-state index contributed by atoms with van der Waals surface area (Å²) in [5.74, 6) is 1.53. The van der Waals surface area contributed by atoms with E-state index in [9.17, 15) is 0 Å². The molecule has 0 aliphatic rings. The minimum Gasteiger partial charge on any atom is -0.354 e. The number of nitrogens with one attached hydrogen (secondary N) is 1. The fourth-order valence-corrected chi connectivity index (χ4v) is 1.43. The van der Waals surface area contributed by atoms with E-state index in [0.29, 0.717) is 5.92 Å². The van der Waals surface area contributed by atoms with E-state index in [-0.39, 0.29) is 0 Å².